The zero-order valence-corrected chi connectivity index (χ0v) is 16.0. The first-order chi connectivity index (χ1) is 12.1. The molecule has 26 heavy (non-hydrogen) atoms. The average Bonchev–Trinajstić information content (AvgIpc) is 2.59. The molecular weight excluding hydrogens is 364 g/mol. The molecule has 3 unspecified atom stereocenters. The lowest BCUT2D eigenvalue weighted by molar-refractivity contribution is -0.139. The van der Waals surface area contributed by atoms with Gasteiger partial charge in [0.1, 0.15) is 24.7 Å². The summed E-state index contributed by atoms with van der Waals surface area (Å²) in [6.45, 7) is 2.27. The van der Waals surface area contributed by atoms with Crippen molar-refractivity contribution in [3.05, 3.63) is 0 Å². The molecule has 0 aromatic carbocycles. The molecule has 0 aromatic heterocycles. The quantitative estimate of drug-likeness (QED) is 0.219. The Kier molecular flexibility index (Phi) is 11.6. The number of aliphatic hydroxyl groups excluding tert-OH is 1. The normalized spacial score (nSPS) is 14.2. The topological polar surface area (TPSA) is 171 Å². The maximum absolute atomic E-state index is 12.5. The summed E-state index contributed by atoms with van der Waals surface area (Å²) in [4.78, 5) is 47.1. The van der Waals surface area contributed by atoms with Crippen LogP contribution in [0.4, 0.5) is 0 Å². The van der Waals surface area contributed by atoms with Crippen LogP contribution >= 0.6 is 11.8 Å². The maximum atomic E-state index is 12.5. The fourth-order valence-electron chi connectivity index (χ4n) is 1.93. The van der Waals surface area contributed by atoms with Gasteiger partial charge in [0.25, 0.3) is 0 Å². The van der Waals surface area contributed by atoms with Crippen LogP contribution in [0.3, 0.4) is 0 Å². The fraction of sp³-hybridized carbons (Fsp3) is 0.733. The summed E-state index contributed by atoms with van der Waals surface area (Å²) in [5.74, 6) is -2.81. The van der Waals surface area contributed by atoms with Gasteiger partial charge in [-0.25, -0.2) is 0 Å². The number of thioether (sulfide) groups is 1. The molecule has 0 rings (SSSR count). The fourth-order valence-corrected chi connectivity index (χ4v) is 2.40. The molecule has 3 atom stereocenters. The van der Waals surface area contributed by atoms with Crippen LogP contribution in [-0.2, 0) is 19.2 Å². The molecule has 0 saturated carbocycles. The monoisotopic (exact) mass is 392 g/mol. The van der Waals surface area contributed by atoms with Crippen molar-refractivity contribution in [2.45, 2.75) is 38.4 Å². The lowest BCUT2D eigenvalue weighted by Crippen LogP contribution is -2.57. The van der Waals surface area contributed by atoms with E-state index in [0.717, 1.165) is 0 Å². The van der Waals surface area contributed by atoms with E-state index in [2.05, 4.69) is 16.0 Å². The van der Waals surface area contributed by atoms with E-state index in [-0.39, 0.29) is 5.92 Å². The molecule has 0 spiro atoms. The molecule has 0 heterocycles. The summed E-state index contributed by atoms with van der Waals surface area (Å²) in [6.07, 6.45) is 2.14. The van der Waals surface area contributed by atoms with Gasteiger partial charge in [-0.05, 0) is 24.3 Å². The van der Waals surface area contributed by atoms with Gasteiger partial charge in [-0.15, -0.1) is 0 Å². The van der Waals surface area contributed by atoms with Crippen LogP contribution in [0, 0.1) is 5.92 Å². The van der Waals surface area contributed by atoms with E-state index in [0.29, 0.717) is 12.2 Å². The van der Waals surface area contributed by atoms with Gasteiger partial charge in [-0.1, -0.05) is 13.8 Å². The zero-order valence-electron chi connectivity index (χ0n) is 15.2. The van der Waals surface area contributed by atoms with E-state index >= 15 is 0 Å². The smallest absolute Gasteiger partial charge is 0.322 e. The van der Waals surface area contributed by atoms with Crippen LogP contribution in [0.15, 0.2) is 0 Å². The number of nitrogens with two attached hydrogens (primary N) is 1. The molecule has 0 aromatic rings. The van der Waals surface area contributed by atoms with Gasteiger partial charge in [0.15, 0.2) is 0 Å². The Hall–Kier alpha value is -1.85. The molecule has 0 saturated heterocycles. The van der Waals surface area contributed by atoms with Crippen LogP contribution in [0.1, 0.15) is 20.3 Å². The highest BCUT2D eigenvalue weighted by molar-refractivity contribution is 7.98. The molecular formula is C15H28N4O6S. The number of carbonyl (C=O) groups excluding carboxylic acids is 3. The predicted octanol–water partition coefficient (Wildman–Crippen LogP) is -2.11. The Balaban J connectivity index is 5.06. The number of amides is 3. The van der Waals surface area contributed by atoms with E-state index in [9.17, 15) is 19.2 Å². The Morgan fingerprint density at radius 3 is 2.15 bits per heavy atom. The van der Waals surface area contributed by atoms with Crippen molar-refractivity contribution in [1.29, 1.82) is 0 Å². The highest BCUT2D eigenvalue weighted by atomic mass is 32.2. The SMILES string of the molecule is CSCCC(NC(=O)C(N)CO)C(=O)NC(C(=O)NCC(=O)O)C(C)C. The minimum Gasteiger partial charge on any atom is -0.480 e. The molecule has 10 nitrogen and oxygen atoms in total. The van der Waals surface area contributed by atoms with Gasteiger partial charge in [-0.3, -0.25) is 19.2 Å². The van der Waals surface area contributed by atoms with Crippen LogP contribution in [0.5, 0.6) is 0 Å². The number of nitrogens with one attached hydrogen (secondary N) is 3. The largest absolute Gasteiger partial charge is 0.480 e. The van der Waals surface area contributed by atoms with Crippen LogP contribution in [-0.4, -0.2) is 77.2 Å². The van der Waals surface area contributed by atoms with E-state index < -0.39 is 55.0 Å². The highest BCUT2D eigenvalue weighted by Gasteiger charge is 2.29. The number of hydrogen-bond donors (Lipinski definition) is 6. The Morgan fingerprint density at radius 1 is 1.08 bits per heavy atom. The van der Waals surface area contributed by atoms with Crippen molar-refractivity contribution in [1.82, 2.24) is 16.0 Å². The minimum atomic E-state index is -1.20. The number of hydrogen-bond acceptors (Lipinski definition) is 7. The summed E-state index contributed by atoms with van der Waals surface area (Å²) in [7, 11) is 0. The van der Waals surface area contributed by atoms with Gasteiger partial charge < -0.3 is 31.9 Å². The third kappa shape index (κ3) is 9.02. The molecule has 11 heteroatoms. The third-order valence-electron chi connectivity index (χ3n) is 3.44. The Labute approximate surface area is 156 Å². The molecule has 0 fully saturated rings. The molecule has 0 radical (unpaired) electrons. The van der Waals surface area contributed by atoms with Crippen LogP contribution < -0.4 is 21.7 Å². The second-order valence-electron chi connectivity index (χ2n) is 5.97. The summed E-state index contributed by atoms with van der Waals surface area (Å²) in [5.41, 5.74) is 5.44. The number of carboxylic acid groups (broad SMARTS) is 1. The average molecular weight is 392 g/mol. The van der Waals surface area contributed by atoms with E-state index in [1.54, 1.807) is 13.8 Å². The first-order valence-electron chi connectivity index (χ1n) is 8.09. The van der Waals surface area contributed by atoms with Crippen molar-refractivity contribution < 1.29 is 29.4 Å². The van der Waals surface area contributed by atoms with Gasteiger partial charge in [0, 0.05) is 0 Å². The van der Waals surface area contributed by atoms with Gasteiger partial charge in [0.2, 0.25) is 17.7 Å². The molecule has 0 aliphatic carbocycles. The lowest BCUT2D eigenvalue weighted by atomic mass is 10.0. The number of aliphatic hydroxyl groups is 1. The molecule has 0 bridgehead atoms. The van der Waals surface area contributed by atoms with E-state index in [1.165, 1.54) is 11.8 Å². The van der Waals surface area contributed by atoms with Gasteiger partial charge >= 0.3 is 5.97 Å². The molecule has 3 amide bonds. The molecule has 0 aliphatic heterocycles. The second-order valence-corrected chi connectivity index (χ2v) is 6.96. The second kappa shape index (κ2) is 12.5. The Morgan fingerprint density at radius 2 is 1.69 bits per heavy atom. The van der Waals surface area contributed by atoms with Crippen molar-refractivity contribution >= 4 is 35.5 Å². The lowest BCUT2D eigenvalue weighted by Gasteiger charge is -2.25. The van der Waals surface area contributed by atoms with Crippen LogP contribution in [0.25, 0.3) is 0 Å². The van der Waals surface area contributed by atoms with Gasteiger partial charge in [0.05, 0.1) is 6.61 Å². The van der Waals surface area contributed by atoms with Crippen molar-refractivity contribution in [3.63, 3.8) is 0 Å². The number of carboxylic acids is 1. The summed E-state index contributed by atoms with van der Waals surface area (Å²) >= 11 is 1.47. The molecule has 150 valence electrons. The van der Waals surface area contributed by atoms with Crippen LogP contribution in [0.2, 0.25) is 0 Å². The summed E-state index contributed by atoms with van der Waals surface area (Å²) in [6, 6.07) is -3.04. The van der Waals surface area contributed by atoms with E-state index in [4.69, 9.17) is 15.9 Å². The summed E-state index contributed by atoms with van der Waals surface area (Å²) in [5, 5.41) is 24.8. The minimum absolute atomic E-state index is 0.302. The molecule has 0 aliphatic rings. The third-order valence-corrected chi connectivity index (χ3v) is 4.08. The highest BCUT2D eigenvalue weighted by Crippen LogP contribution is 2.06. The maximum Gasteiger partial charge on any atom is 0.322 e. The van der Waals surface area contributed by atoms with Gasteiger partial charge in [-0.2, -0.15) is 11.8 Å². The number of aliphatic carboxylic acids is 1. The summed E-state index contributed by atoms with van der Waals surface area (Å²) < 4.78 is 0. The molecule has 7 N–H and O–H groups in total. The van der Waals surface area contributed by atoms with Crippen molar-refractivity contribution in [2.75, 3.05) is 25.2 Å². The first kappa shape index (κ1) is 24.1. The standard InChI is InChI=1S/C15H28N4O6S/c1-8(2)12(15(25)17-6-11(21)22)19-14(24)10(4-5-26-3)18-13(23)9(16)7-20/h8-10,12,20H,4-7,16H2,1-3H3,(H,17,25)(H,18,23)(H,19,24)(H,21,22). The zero-order chi connectivity index (χ0) is 20.3. The predicted molar refractivity (Wildman–Crippen MR) is 97.4 cm³/mol. The number of rotatable bonds is 12. The Bertz CT molecular complexity index is 503. The number of carbonyl (C=O) groups is 4. The van der Waals surface area contributed by atoms with E-state index in [1.807, 2.05) is 6.26 Å². The van der Waals surface area contributed by atoms with Crippen molar-refractivity contribution in [2.24, 2.45) is 11.7 Å². The van der Waals surface area contributed by atoms with Crippen molar-refractivity contribution in [3.8, 4) is 0 Å². The first-order valence-corrected chi connectivity index (χ1v) is 9.49.